The molecule has 4 heteroatoms. The van der Waals surface area contributed by atoms with Crippen LogP contribution in [0, 0.1) is 11.3 Å². The minimum atomic E-state index is -0.0393. The first-order chi connectivity index (χ1) is 8.13. The molecule has 0 fully saturated rings. The smallest absolute Gasteiger partial charge is 0.216 e. The third-order valence-corrected chi connectivity index (χ3v) is 2.35. The molecule has 1 amide bonds. The van der Waals surface area contributed by atoms with Crippen LogP contribution in [-0.2, 0) is 4.79 Å². The summed E-state index contributed by atoms with van der Waals surface area (Å²) in [5, 5.41) is 12.2. The van der Waals surface area contributed by atoms with Crippen molar-refractivity contribution in [3.63, 3.8) is 0 Å². The molecule has 0 aliphatic carbocycles. The van der Waals surface area contributed by atoms with Crippen LogP contribution in [0.1, 0.15) is 24.5 Å². The van der Waals surface area contributed by atoms with Crippen molar-refractivity contribution in [2.45, 2.75) is 13.3 Å². The summed E-state index contributed by atoms with van der Waals surface area (Å²) in [4.78, 5) is 10.6. The SMILES string of the molecule is CC(=O)NCCC=Cc1ccc(Cl)cc1C#N. The normalized spacial score (nSPS) is 10.2. The van der Waals surface area contributed by atoms with Crippen LogP contribution >= 0.6 is 11.6 Å². The number of rotatable bonds is 4. The van der Waals surface area contributed by atoms with Crippen molar-refractivity contribution in [3.8, 4) is 6.07 Å². The van der Waals surface area contributed by atoms with Gasteiger partial charge in [0.2, 0.25) is 5.91 Å². The zero-order chi connectivity index (χ0) is 12.7. The first-order valence-electron chi connectivity index (χ1n) is 5.24. The van der Waals surface area contributed by atoms with Crippen LogP contribution < -0.4 is 5.32 Å². The molecule has 0 heterocycles. The lowest BCUT2D eigenvalue weighted by atomic mass is 10.1. The van der Waals surface area contributed by atoms with E-state index in [1.165, 1.54) is 6.92 Å². The van der Waals surface area contributed by atoms with E-state index in [1.54, 1.807) is 18.2 Å². The molecule has 1 rings (SSSR count). The fourth-order valence-corrected chi connectivity index (χ4v) is 1.48. The second-order valence-corrected chi connectivity index (χ2v) is 3.95. The molecule has 0 aliphatic rings. The lowest BCUT2D eigenvalue weighted by Gasteiger charge is -1.99. The number of nitrogens with zero attached hydrogens (tertiary/aromatic N) is 1. The Bertz CT molecular complexity index is 475. The van der Waals surface area contributed by atoms with Crippen LogP contribution in [0.4, 0.5) is 0 Å². The Morgan fingerprint density at radius 1 is 1.59 bits per heavy atom. The summed E-state index contributed by atoms with van der Waals surface area (Å²) in [6.45, 7) is 2.08. The van der Waals surface area contributed by atoms with Crippen molar-refractivity contribution in [1.29, 1.82) is 5.26 Å². The predicted molar refractivity (Wildman–Crippen MR) is 68.5 cm³/mol. The van der Waals surface area contributed by atoms with Gasteiger partial charge in [-0.1, -0.05) is 29.8 Å². The van der Waals surface area contributed by atoms with Crippen LogP contribution in [-0.4, -0.2) is 12.5 Å². The Morgan fingerprint density at radius 2 is 2.35 bits per heavy atom. The van der Waals surface area contributed by atoms with E-state index in [-0.39, 0.29) is 5.91 Å². The molecule has 0 saturated heterocycles. The molecule has 88 valence electrons. The second kappa shape index (κ2) is 6.72. The van der Waals surface area contributed by atoms with Crippen LogP contribution in [0.3, 0.4) is 0 Å². The molecular weight excluding hydrogens is 236 g/mol. The van der Waals surface area contributed by atoms with Crippen molar-refractivity contribution in [2.75, 3.05) is 6.54 Å². The van der Waals surface area contributed by atoms with Gasteiger partial charge in [0, 0.05) is 18.5 Å². The van der Waals surface area contributed by atoms with Gasteiger partial charge in [0.1, 0.15) is 0 Å². The number of carbonyl (C=O) groups is 1. The predicted octanol–water partition coefficient (Wildman–Crippen LogP) is 2.75. The number of carbonyl (C=O) groups excluding carboxylic acids is 1. The van der Waals surface area contributed by atoms with Crippen molar-refractivity contribution >= 4 is 23.6 Å². The average Bonchev–Trinajstić information content (AvgIpc) is 2.29. The van der Waals surface area contributed by atoms with E-state index in [9.17, 15) is 4.79 Å². The fourth-order valence-electron chi connectivity index (χ4n) is 1.31. The zero-order valence-electron chi connectivity index (χ0n) is 9.53. The molecule has 0 spiro atoms. The number of nitrogens with one attached hydrogen (secondary N) is 1. The van der Waals surface area contributed by atoms with Crippen molar-refractivity contribution in [2.24, 2.45) is 0 Å². The van der Waals surface area contributed by atoms with Gasteiger partial charge in [0.25, 0.3) is 0 Å². The molecule has 0 aliphatic heterocycles. The van der Waals surface area contributed by atoms with E-state index in [4.69, 9.17) is 16.9 Å². The van der Waals surface area contributed by atoms with Gasteiger partial charge in [0.05, 0.1) is 11.6 Å². The Hall–Kier alpha value is -1.79. The Morgan fingerprint density at radius 3 is 3.00 bits per heavy atom. The highest BCUT2D eigenvalue weighted by Gasteiger charge is 1.98. The second-order valence-electron chi connectivity index (χ2n) is 3.52. The van der Waals surface area contributed by atoms with Gasteiger partial charge in [-0.3, -0.25) is 4.79 Å². The van der Waals surface area contributed by atoms with Gasteiger partial charge in [-0.15, -0.1) is 0 Å². The summed E-state index contributed by atoms with van der Waals surface area (Å²) in [6, 6.07) is 7.27. The maximum atomic E-state index is 10.6. The Balaban J connectivity index is 2.59. The lowest BCUT2D eigenvalue weighted by Crippen LogP contribution is -2.20. The molecule has 0 radical (unpaired) electrons. The highest BCUT2D eigenvalue weighted by atomic mass is 35.5. The van der Waals surface area contributed by atoms with Crippen LogP contribution in [0.15, 0.2) is 24.3 Å². The van der Waals surface area contributed by atoms with Crippen molar-refractivity contribution < 1.29 is 4.79 Å². The largest absolute Gasteiger partial charge is 0.356 e. The van der Waals surface area contributed by atoms with E-state index in [2.05, 4.69) is 11.4 Å². The lowest BCUT2D eigenvalue weighted by molar-refractivity contribution is -0.118. The van der Waals surface area contributed by atoms with E-state index in [0.29, 0.717) is 17.1 Å². The van der Waals surface area contributed by atoms with Gasteiger partial charge < -0.3 is 5.32 Å². The number of halogens is 1. The topological polar surface area (TPSA) is 52.9 Å². The summed E-state index contributed by atoms with van der Waals surface area (Å²) in [7, 11) is 0. The molecule has 17 heavy (non-hydrogen) atoms. The van der Waals surface area contributed by atoms with Gasteiger partial charge in [-0.05, 0) is 24.1 Å². The average molecular weight is 249 g/mol. The summed E-state index contributed by atoms with van der Waals surface area (Å²) in [6.07, 6.45) is 4.50. The van der Waals surface area contributed by atoms with Crippen LogP contribution in [0.5, 0.6) is 0 Å². The molecule has 1 aromatic carbocycles. The van der Waals surface area contributed by atoms with E-state index >= 15 is 0 Å². The standard InChI is InChI=1S/C13H13ClN2O/c1-10(17)16-7-3-2-4-11-5-6-13(14)8-12(11)9-15/h2,4-6,8H,3,7H2,1H3,(H,16,17). The molecule has 0 unspecified atom stereocenters. The summed E-state index contributed by atoms with van der Waals surface area (Å²) < 4.78 is 0. The Kier molecular flexibility index (Phi) is 5.25. The highest BCUT2D eigenvalue weighted by Crippen LogP contribution is 2.16. The van der Waals surface area contributed by atoms with Crippen LogP contribution in [0.25, 0.3) is 6.08 Å². The number of benzene rings is 1. The molecule has 0 saturated carbocycles. The van der Waals surface area contributed by atoms with E-state index in [0.717, 1.165) is 12.0 Å². The molecular formula is C13H13ClN2O. The minimum absolute atomic E-state index is 0.0393. The molecule has 1 N–H and O–H groups in total. The number of hydrogen-bond donors (Lipinski definition) is 1. The van der Waals surface area contributed by atoms with E-state index in [1.807, 2.05) is 12.2 Å². The molecule has 1 aromatic rings. The molecule has 0 bridgehead atoms. The van der Waals surface area contributed by atoms with Gasteiger partial charge >= 0.3 is 0 Å². The monoisotopic (exact) mass is 248 g/mol. The molecule has 3 nitrogen and oxygen atoms in total. The van der Waals surface area contributed by atoms with Gasteiger partial charge in [0.15, 0.2) is 0 Å². The zero-order valence-corrected chi connectivity index (χ0v) is 10.3. The summed E-state index contributed by atoms with van der Waals surface area (Å²) in [5.41, 5.74) is 1.38. The third-order valence-electron chi connectivity index (χ3n) is 2.12. The fraction of sp³-hybridized carbons (Fsp3) is 0.231. The number of nitriles is 1. The third kappa shape index (κ3) is 4.71. The first-order valence-corrected chi connectivity index (χ1v) is 5.62. The van der Waals surface area contributed by atoms with Crippen molar-refractivity contribution in [3.05, 3.63) is 40.4 Å². The maximum Gasteiger partial charge on any atom is 0.216 e. The number of hydrogen-bond acceptors (Lipinski definition) is 2. The molecule has 0 aromatic heterocycles. The maximum absolute atomic E-state index is 10.6. The van der Waals surface area contributed by atoms with Crippen LogP contribution in [0.2, 0.25) is 5.02 Å². The highest BCUT2D eigenvalue weighted by molar-refractivity contribution is 6.30. The van der Waals surface area contributed by atoms with E-state index < -0.39 is 0 Å². The minimum Gasteiger partial charge on any atom is -0.356 e. The Labute approximate surface area is 106 Å². The van der Waals surface area contributed by atoms with Crippen molar-refractivity contribution in [1.82, 2.24) is 5.32 Å². The number of amides is 1. The van der Waals surface area contributed by atoms with Gasteiger partial charge in [-0.2, -0.15) is 5.26 Å². The summed E-state index contributed by atoms with van der Waals surface area (Å²) >= 11 is 5.79. The quantitative estimate of drug-likeness (QED) is 0.833. The van der Waals surface area contributed by atoms with Gasteiger partial charge in [-0.25, -0.2) is 0 Å². The summed E-state index contributed by atoms with van der Waals surface area (Å²) in [5.74, 6) is -0.0393. The molecule has 0 atom stereocenters. The first kappa shape index (κ1) is 13.3.